The van der Waals surface area contributed by atoms with Crippen LogP contribution < -0.4 is 15.5 Å². The van der Waals surface area contributed by atoms with E-state index in [9.17, 15) is 18.0 Å². The Bertz CT molecular complexity index is 1150. The molecule has 2 N–H and O–H groups in total. The lowest BCUT2D eigenvalue weighted by Gasteiger charge is -2.30. The molecule has 5 nitrogen and oxygen atoms in total. The van der Waals surface area contributed by atoms with Gasteiger partial charge in [-0.2, -0.15) is 0 Å². The molecule has 0 spiro atoms. The molecule has 1 aliphatic rings. The van der Waals surface area contributed by atoms with E-state index in [4.69, 9.17) is 6.42 Å². The van der Waals surface area contributed by atoms with Gasteiger partial charge in [0.25, 0.3) is 5.91 Å². The number of rotatable bonds is 3. The normalized spacial score (nSPS) is 14.1. The minimum atomic E-state index is -0.977. The minimum Gasteiger partial charge on any atom is -0.367 e. The summed E-state index contributed by atoms with van der Waals surface area (Å²) in [6, 6.07) is 4.78. The van der Waals surface area contributed by atoms with Crippen LogP contribution in [0.2, 0.25) is 0 Å². The number of aromatic nitrogens is 1. The minimum absolute atomic E-state index is 0.0680. The van der Waals surface area contributed by atoms with Gasteiger partial charge in [-0.25, -0.2) is 18.2 Å². The van der Waals surface area contributed by atoms with Crippen molar-refractivity contribution < 1.29 is 18.0 Å². The molecule has 9 heteroatoms. The van der Waals surface area contributed by atoms with Crippen LogP contribution in [0.4, 0.5) is 24.0 Å². The highest BCUT2D eigenvalue weighted by Gasteiger charge is 2.25. The SMILES string of the molecule is C#Cc1cc(F)cc2sc(NC(=O)c3c(F)ccc(N4CCNCC4)c3F)nc12. The summed E-state index contributed by atoms with van der Waals surface area (Å²) in [7, 11) is 0. The zero-order chi connectivity index (χ0) is 20.5. The van der Waals surface area contributed by atoms with Crippen molar-refractivity contribution >= 4 is 38.3 Å². The van der Waals surface area contributed by atoms with Crippen molar-refractivity contribution in [1.82, 2.24) is 10.3 Å². The highest BCUT2D eigenvalue weighted by atomic mass is 32.1. The molecule has 4 rings (SSSR count). The van der Waals surface area contributed by atoms with Crippen molar-refractivity contribution in [2.75, 3.05) is 36.4 Å². The quantitative estimate of drug-likeness (QED) is 0.643. The molecule has 0 atom stereocenters. The molecular formula is C20H15F3N4OS. The summed E-state index contributed by atoms with van der Waals surface area (Å²) in [5.41, 5.74) is 0.0437. The number of carbonyl (C=O) groups excluding carboxylic acids is 1. The van der Waals surface area contributed by atoms with Crippen LogP contribution in [0, 0.1) is 29.8 Å². The van der Waals surface area contributed by atoms with Crippen molar-refractivity contribution in [3.05, 3.63) is 52.8 Å². The molecule has 1 amide bonds. The van der Waals surface area contributed by atoms with E-state index in [2.05, 4.69) is 21.5 Å². The van der Waals surface area contributed by atoms with Gasteiger partial charge in [0.15, 0.2) is 10.9 Å². The van der Waals surface area contributed by atoms with Crippen molar-refractivity contribution in [2.24, 2.45) is 0 Å². The average molecular weight is 416 g/mol. The maximum absolute atomic E-state index is 15.0. The number of piperazine rings is 1. The van der Waals surface area contributed by atoms with E-state index in [1.54, 1.807) is 4.90 Å². The number of benzene rings is 2. The molecule has 1 saturated heterocycles. The van der Waals surface area contributed by atoms with Crippen molar-refractivity contribution in [2.45, 2.75) is 0 Å². The number of nitrogens with zero attached hydrogens (tertiary/aromatic N) is 2. The Balaban J connectivity index is 1.67. The van der Waals surface area contributed by atoms with Gasteiger partial charge in [0.2, 0.25) is 0 Å². The standard InChI is InChI=1S/C20H15F3N4OS/c1-2-11-9-12(21)10-15-18(11)25-20(29-15)26-19(28)16-13(22)3-4-14(17(16)23)27-7-5-24-6-8-27/h1,3-4,9-10,24H,5-8H2,(H,25,26,28). The van der Waals surface area contributed by atoms with Crippen LogP contribution in [0.25, 0.3) is 10.2 Å². The lowest BCUT2D eigenvalue weighted by Crippen LogP contribution is -2.44. The molecule has 3 aromatic rings. The largest absolute Gasteiger partial charge is 0.367 e. The first-order valence-corrected chi connectivity index (χ1v) is 9.61. The monoisotopic (exact) mass is 416 g/mol. The van der Waals surface area contributed by atoms with Crippen LogP contribution in [0.3, 0.4) is 0 Å². The Morgan fingerprint density at radius 3 is 2.72 bits per heavy atom. The Morgan fingerprint density at radius 1 is 1.24 bits per heavy atom. The van der Waals surface area contributed by atoms with Gasteiger partial charge in [-0.1, -0.05) is 17.3 Å². The van der Waals surface area contributed by atoms with Gasteiger partial charge >= 0.3 is 0 Å². The van der Waals surface area contributed by atoms with Crippen molar-refractivity contribution in [3.63, 3.8) is 0 Å². The number of fused-ring (bicyclic) bond motifs is 1. The van der Waals surface area contributed by atoms with E-state index in [-0.39, 0.29) is 16.4 Å². The summed E-state index contributed by atoms with van der Waals surface area (Å²) in [6.07, 6.45) is 5.37. The van der Waals surface area contributed by atoms with Crippen LogP contribution in [0.5, 0.6) is 0 Å². The summed E-state index contributed by atoms with van der Waals surface area (Å²) in [5.74, 6) is -1.08. The Labute approximate surface area is 168 Å². The number of hydrogen-bond donors (Lipinski definition) is 2. The molecule has 1 fully saturated rings. The van der Waals surface area contributed by atoms with Gasteiger partial charge in [0.05, 0.1) is 21.5 Å². The van der Waals surface area contributed by atoms with E-state index >= 15 is 0 Å². The predicted octanol–water partition coefficient (Wildman–Crippen LogP) is 3.36. The number of amides is 1. The number of hydrogen-bond acceptors (Lipinski definition) is 5. The smallest absolute Gasteiger partial charge is 0.263 e. The first kappa shape index (κ1) is 19.2. The zero-order valence-electron chi connectivity index (χ0n) is 15.1. The predicted molar refractivity (Wildman–Crippen MR) is 107 cm³/mol. The van der Waals surface area contributed by atoms with Gasteiger partial charge in [-0.15, -0.1) is 6.42 Å². The van der Waals surface area contributed by atoms with Gasteiger partial charge in [-0.05, 0) is 24.3 Å². The fourth-order valence-corrected chi connectivity index (χ4v) is 4.13. The van der Waals surface area contributed by atoms with E-state index < -0.39 is 28.9 Å². The first-order chi connectivity index (χ1) is 14.0. The summed E-state index contributed by atoms with van der Waals surface area (Å²) in [6.45, 7) is 2.42. The van der Waals surface area contributed by atoms with Crippen LogP contribution in [-0.2, 0) is 0 Å². The Morgan fingerprint density at radius 2 is 2.00 bits per heavy atom. The zero-order valence-corrected chi connectivity index (χ0v) is 15.9. The molecule has 1 aromatic heterocycles. The number of nitrogens with one attached hydrogen (secondary N) is 2. The molecule has 0 aliphatic carbocycles. The second-order valence-corrected chi connectivity index (χ2v) is 7.44. The number of terminal acetylenes is 1. The Kier molecular flexibility index (Phi) is 5.13. The fraction of sp³-hybridized carbons (Fsp3) is 0.200. The average Bonchev–Trinajstić information content (AvgIpc) is 3.10. The van der Waals surface area contributed by atoms with E-state index in [0.717, 1.165) is 23.5 Å². The highest BCUT2D eigenvalue weighted by molar-refractivity contribution is 7.22. The highest BCUT2D eigenvalue weighted by Crippen LogP contribution is 2.31. The summed E-state index contributed by atoms with van der Waals surface area (Å²) in [4.78, 5) is 18.5. The fourth-order valence-electron chi connectivity index (χ4n) is 3.22. The van der Waals surface area contributed by atoms with Crippen LogP contribution in [-0.4, -0.2) is 37.1 Å². The third-order valence-electron chi connectivity index (χ3n) is 4.59. The maximum Gasteiger partial charge on any atom is 0.263 e. The summed E-state index contributed by atoms with van der Waals surface area (Å²) in [5, 5.41) is 5.61. The molecule has 29 heavy (non-hydrogen) atoms. The molecule has 148 valence electrons. The number of anilines is 2. The molecule has 0 unspecified atom stereocenters. The molecule has 1 aliphatic heterocycles. The van der Waals surface area contributed by atoms with Gasteiger partial charge in [0.1, 0.15) is 17.2 Å². The van der Waals surface area contributed by atoms with Gasteiger partial charge in [0, 0.05) is 26.2 Å². The van der Waals surface area contributed by atoms with E-state index in [1.165, 1.54) is 12.1 Å². The van der Waals surface area contributed by atoms with Crippen LogP contribution in [0.1, 0.15) is 15.9 Å². The third-order valence-corrected chi connectivity index (χ3v) is 5.51. The van der Waals surface area contributed by atoms with E-state index in [1.807, 2.05) is 0 Å². The topological polar surface area (TPSA) is 57.3 Å². The second-order valence-electron chi connectivity index (χ2n) is 6.41. The molecule has 0 radical (unpaired) electrons. The van der Waals surface area contributed by atoms with Gasteiger partial charge in [-0.3, -0.25) is 10.1 Å². The van der Waals surface area contributed by atoms with Crippen molar-refractivity contribution in [1.29, 1.82) is 0 Å². The Hall–Kier alpha value is -3.09. The van der Waals surface area contributed by atoms with Crippen LogP contribution in [0.15, 0.2) is 24.3 Å². The molecule has 2 heterocycles. The molecular weight excluding hydrogens is 401 g/mol. The lowest BCUT2D eigenvalue weighted by molar-refractivity contribution is 0.101. The first-order valence-electron chi connectivity index (χ1n) is 8.79. The van der Waals surface area contributed by atoms with E-state index in [0.29, 0.717) is 36.4 Å². The number of carbonyl (C=O) groups is 1. The summed E-state index contributed by atoms with van der Waals surface area (Å²) < 4.78 is 43.3. The third kappa shape index (κ3) is 3.64. The molecule has 2 aromatic carbocycles. The van der Waals surface area contributed by atoms with Crippen molar-refractivity contribution in [3.8, 4) is 12.3 Å². The molecule has 0 bridgehead atoms. The number of thiazole rings is 1. The maximum atomic E-state index is 15.0. The van der Waals surface area contributed by atoms with Gasteiger partial charge < -0.3 is 10.2 Å². The number of halogens is 3. The summed E-state index contributed by atoms with van der Waals surface area (Å²) >= 11 is 0.966. The second kappa shape index (κ2) is 7.73. The van der Waals surface area contributed by atoms with Crippen LogP contribution >= 0.6 is 11.3 Å². The molecule has 0 saturated carbocycles. The lowest BCUT2D eigenvalue weighted by atomic mass is 10.1.